The Labute approximate surface area is 154 Å². The molecule has 2 rings (SSSR count). The van der Waals surface area contributed by atoms with Crippen molar-refractivity contribution in [2.45, 2.75) is 31.9 Å². The molecule has 0 unspecified atom stereocenters. The summed E-state index contributed by atoms with van der Waals surface area (Å²) in [6.45, 7) is 6.99. The van der Waals surface area contributed by atoms with Gasteiger partial charge in [-0.3, -0.25) is 4.79 Å². The van der Waals surface area contributed by atoms with Crippen LogP contribution in [0.1, 0.15) is 36.1 Å². The van der Waals surface area contributed by atoms with Gasteiger partial charge >= 0.3 is 0 Å². The molecule has 0 radical (unpaired) electrons. The molecule has 0 aromatic heterocycles. The minimum atomic E-state index is -0.0977. The summed E-state index contributed by atoms with van der Waals surface area (Å²) in [6, 6.07) is 18.0. The SMILES string of the molecule is Cc1cccc(C(C)(C)CNC(=O)CSCc2ccc(C#N)cc2)c1. The molecule has 130 valence electrons. The highest BCUT2D eigenvalue weighted by Crippen LogP contribution is 2.23. The number of rotatable bonds is 7. The van der Waals surface area contributed by atoms with Crippen molar-refractivity contribution in [2.24, 2.45) is 0 Å². The van der Waals surface area contributed by atoms with E-state index in [2.05, 4.69) is 56.4 Å². The fourth-order valence-electron chi connectivity index (χ4n) is 2.48. The van der Waals surface area contributed by atoms with Gasteiger partial charge in [0.2, 0.25) is 5.91 Å². The third-order valence-electron chi connectivity index (χ3n) is 4.11. The molecule has 1 amide bonds. The number of nitriles is 1. The van der Waals surface area contributed by atoms with E-state index in [1.807, 2.05) is 12.1 Å². The van der Waals surface area contributed by atoms with Crippen LogP contribution in [-0.4, -0.2) is 18.2 Å². The molecule has 4 heteroatoms. The average Bonchev–Trinajstić information content (AvgIpc) is 2.61. The molecule has 0 saturated heterocycles. The molecule has 2 aromatic carbocycles. The van der Waals surface area contributed by atoms with Gasteiger partial charge in [0.25, 0.3) is 0 Å². The number of carbonyl (C=O) groups is 1. The maximum atomic E-state index is 12.1. The van der Waals surface area contributed by atoms with Crippen LogP contribution in [0.4, 0.5) is 0 Å². The first-order valence-electron chi connectivity index (χ1n) is 8.31. The standard InChI is InChI=1S/C21H24N2OS/c1-16-5-4-6-19(11-16)21(2,3)15-23-20(24)14-25-13-18-9-7-17(12-22)8-10-18/h4-11H,13-15H2,1-3H3,(H,23,24). The Morgan fingerprint density at radius 3 is 2.56 bits per heavy atom. The molecule has 0 fully saturated rings. The Balaban J connectivity index is 1.77. The molecule has 25 heavy (non-hydrogen) atoms. The van der Waals surface area contributed by atoms with Gasteiger partial charge in [-0.15, -0.1) is 11.8 Å². The van der Waals surface area contributed by atoms with Crippen molar-refractivity contribution in [1.82, 2.24) is 5.32 Å². The predicted molar refractivity (Wildman–Crippen MR) is 105 cm³/mol. The fourth-order valence-corrected chi connectivity index (χ4v) is 3.29. The summed E-state index contributed by atoms with van der Waals surface area (Å²) in [5, 5.41) is 11.8. The Bertz CT molecular complexity index is 760. The lowest BCUT2D eigenvalue weighted by atomic mass is 9.84. The molecule has 0 bridgehead atoms. The van der Waals surface area contributed by atoms with Crippen LogP contribution in [0.25, 0.3) is 0 Å². The lowest BCUT2D eigenvalue weighted by Gasteiger charge is -2.26. The second-order valence-electron chi connectivity index (χ2n) is 6.83. The molecule has 0 atom stereocenters. The maximum Gasteiger partial charge on any atom is 0.230 e. The van der Waals surface area contributed by atoms with E-state index in [1.54, 1.807) is 23.9 Å². The molecule has 0 spiro atoms. The van der Waals surface area contributed by atoms with Crippen LogP contribution in [0.15, 0.2) is 48.5 Å². The van der Waals surface area contributed by atoms with Crippen LogP contribution in [-0.2, 0) is 16.0 Å². The average molecular weight is 353 g/mol. The molecule has 0 aliphatic rings. The second kappa shape index (κ2) is 8.73. The van der Waals surface area contributed by atoms with Crippen molar-refractivity contribution in [3.05, 3.63) is 70.8 Å². The first kappa shape index (κ1) is 19.1. The molecule has 1 N–H and O–H groups in total. The van der Waals surface area contributed by atoms with Crippen LogP contribution in [0, 0.1) is 18.3 Å². The summed E-state index contributed by atoms with van der Waals surface area (Å²) in [7, 11) is 0. The summed E-state index contributed by atoms with van der Waals surface area (Å²) in [5.74, 6) is 1.25. The van der Waals surface area contributed by atoms with E-state index in [4.69, 9.17) is 5.26 Å². The molecule has 0 saturated carbocycles. The highest BCUT2D eigenvalue weighted by Gasteiger charge is 2.21. The van der Waals surface area contributed by atoms with Gasteiger partial charge in [0.1, 0.15) is 0 Å². The van der Waals surface area contributed by atoms with Gasteiger partial charge in [-0.2, -0.15) is 5.26 Å². The number of nitrogens with one attached hydrogen (secondary N) is 1. The zero-order chi connectivity index (χ0) is 18.3. The number of hydrogen-bond donors (Lipinski definition) is 1. The van der Waals surface area contributed by atoms with Gasteiger partial charge < -0.3 is 5.32 Å². The minimum absolute atomic E-state index is 0.0550. The molecule has 0 heterocycles. The first-order chi connectivity index (χ1) is 11.9. The smallest absolute Gasteiger partial charge is 0.230 e. The van der Waals surface area contributed by atoms with Gasteiger partial charge in [-0.1, -0.05) is 55.8 Å². The fraction of sp³-hybridized carbons (Fsp3) is 0.333. The van der Waals surface area contributed by atoms with Crippen molar-refractivity contribution in [1.29, 1.82) is 5.26 Å². The van der Waals surface area contributed by atoms with Crippen LogP contribution < -0.4 is 5.32 Å². The molecule has 3 nitrogen and oxygen atoms in total. The van der Waals surface area contributed by atoms with Crippen LogP contribution in [0.2, 0.25) is 0 Å². The topological polar surface area (TPSA) is 52.9 Å². The monoisotopic (exact) mass is 352 g/mol. The van der Waals surface area contributed by atoms with E-state index in [-0.39, 0.29) is 11.3 Å². The van der Waals surface area contributed by atoms with Crippen molar-refractivity contribution >= 4 is 17.7 Å². The molecular weight excluding hydrogens is 328 g/mol. The summed E-state index contributed by atoms with van der Waals surface area (Å²) in [5.41, 5.74) is 4.15. The normalized spacial score (nSPS) is 11.0. The zero-order valence-electron chi connectivity index (χ0n) is 15.0. The van der Waals surface area contributed by atoms with E-state index >= 15 is 0 Å². The van der Waals surface area contributed by atoms with Crippen molar-refractivity contribution in [3.8, 4) is 6.07 Å². The molecular formula is C21H24N2OS. The van der Waals surface area contributed by atoms with Crippen LogP contribution in [0.3, 0.4) is 0 Å². The highest BCUT2D eigenvalue weighted by atomic mass is 32.2. The summed E-state index contributed by atoms with van der Waals surface area (Å²) < 4.78 is 0. The third kappa shape index (κ3) is 5.95. The maximum absolute atomic E-state index is 12.1. The summed E-state index contributed by atoms with van der Waals surface area (Å²) >= 11 is 1.58. The lowest BCUT2D eigenvalue weighted by Crippen LogP contribution is -2.37. The summed E-state index contributed by atoms with van der Waals surface area (Å²) in [4.78, 5) is 12.1. The number of amides is 1. The largest absolute Gasteiger partial charge is 0.355 e. The Kier molecular flexibility index (Phi) is 6.66. The lowest BCUT2D eigenvalue weighted by molar-refractivity contribution is -0.118. The minimum Gasteiger partial charge on any atom is -0.355 e. The van der Waals surface area contributed by atoms with Crippen molar-refractivity contribution in [2.75, 3.05) is 12.3 Å². The Hall–Kier alpha value is -2.25. The van der Waals surface area contributed by atoms with Gasteiger partial charge in [-0.25, -0.2) is 0 Å². The number of aryl methyl sites for hydroxylation is 1. The van der Waals surface area contributed by atoms with Gasteiger partial charge in [0, 0.05) is 17.7 Å². The molecule has 0 aliphatic carbocycles. The number of nitrogens with zero attached hydrogens (tertiary/aromatic N) is 1. The van der Waals surface area contributed by atoms with E-state index in [0.29, 0.717) is 17.9 Å². The van der Waals surface area contributed by atoms with Gasteiger partial charge in [0.05, 0.1) is 17.4 Å². The van der Waals surface area contributed by atoms with E-state index in [9.17, 15) is 4.79 Å². The summed E-state index contributed by atoms with van der Waals surface area (Å²) in [6.07, 6.45) is 0. The van der Waals surface area contributed by atoms with Crippen molar-refractivity contribution in [3.63, 3.8) is 0 Å². The van der Waals surface area contributed by atoms with E-state index < -0.39 is 0 Å². The molecule has 2 aromatic rings. The number of thioether (sulfide) groups is 1. The molecule has 0 aliphatic heterocycles. The number of carbonyl (C=O) groups excluding carboxylic acids is 1. The van der Waals surface area contributed by atoms with Crippen LogP contribution in [0.5, 0.6) is 0 Å². The predicted octanol–water partition coefficient (Wildman–Crippen LogP) is 4.19. The number of hydrogen-bond acceptors (Lipinski definition) is 3. The first-order valence-corrected chi connectivity index (χ1v) is 9.47. The quantitative estimate of drug-likeness (QED) is 0.813. The van der Waals surface area contributed by atoms with Crippen LogP contribution >= 0.6 is 11.8 Å². The van der Waals surface area contributed by atoms with Crippen molar-refractivity contribution < 1.29 is 4.79 Å². The Morgan fingerprint density at radius 1 is 1.20 bits per heavy atom. The number of benzene rings is 2. The van der Waals surface area contributed by atoms with E-state index in [0.717, 1.165) is 11.3 Å². The highest BCUT2D eigenvalue weighted by molar-refractivity contribution is 7.99. The van der Waals surface area contributed by atoms with E-state index in [1.165, 1.54) is 11.1 Å². The third-order valence-corrected chi connectivity index (χ3v) is 5.12. The second-order valence-corrected chi connectivity index (χ2v) is 7.82. The van der Waals surface area contributed by atoms with Gasteiger partial charge in [0.15, 0.2) is 0 Å². The zero-order valence-corrected chi connectivity index (χ0v) is 15.8. The van der Waals surface area contributed by atoms with Gasteiger partial charge in [-0.05, 0) is 30.2 Å². The Morgan fingerprint density at radius 2 is 1.92 bits per heavy atom.